The summed E-state index contributed by atoms with van der Waals surface area (Å²) >= 11 is 0. The Hall–Kier alpha value is -0.940. The van der Waals surface area contributed by atoms with Gasteiger partial charge in [0.15, 0.2) is 5.82 Å². The zero-order valence-corrected chi connectivity index (χ0v) is 9.56. The molecule has 0 saturated carbocycles. The number of rotatable bonds is 6. The van der Waals surface area contributed by atoms with Crippen molar-refractivity contribution in [2.75, 3.05) is 6.61 Å². The van der Waals surface area contributed by atoms with Crippen LogP contribution in [0.15, 0.2) is 4.52 Å². The Kier molecular flexibility index (Phi) is 4.71. The Balaban J connectivity index is 2.62. The third-order valence-electron chi connectivity index (χ3n) is 2.15. The number of nitrogens with zero attached hydrogens (tertiary/aromatic N) is 2. The minimum absolute atomic E-state index is 0.138. The predicted molar refractivity (Wildman–Crippen MR) is 56.2 cm³/mol. The molecule has 2 N–H and O–H groups in total. The lowest BCUT2D eigenvalue weighted by Crippen LogP contribution is -2.10. The first-order valence-corrected chi connectivity index (χ1v) is 5.39. The molecule has 0 aromatic carbocycles. The van der Waals surface area contributed by atoms with Gasteiger partial charge in [0, 0.05) is 6.61 Å². The molecule has 2 atom stereocenters. The smallest absolute Gasteiger partial charge is 0.243 e. The molecule has 1 rings (SSSR count). The van der Waals surface area contributed by atoms with Gasteiger partial charge in [0.25, 0.3) is 0 Å². The number of aromatic nitrogens is 2. The molecule has 0 aliphatic carbocycles. The van der Waals surface area contributed by atoms with Gasteiger partial charge in [0.2, 0.25) is 5.89 Å². The molecular weight excluding hydrogens is 194 g/mol. The van der Waals surface area contributed by atoms with E-state index in [0.29, 0.717) is 18.3 Å². The van der Waals surface area contributed by atoms with Crippen molar-refractivity contribution in [2.24, 2.45) is 5.73 Å². The summed E-state index contributed by atoms with van der Waals surface area (Å²) in [5.41, 5.74) is 5.86. The van der Waals surface area contributed by atoms with Crippen molar-refractivity contribution in [1.82, 2.24) is 10.1 Å². The minimum atomic E-state index is -0.162. The van der Waals surface area contributed by atoms with E-state index < -0.39 is 0 Å². The van der Waals surface area contributed by atoms with Gasteiger partial charge < -0.3 is 15.0 Å². The maximum atomic E-state index is 5.86. The molecule has 0 fully saturated rings. The average Bonchev–Trinajstić information content (AvgIpc) is 2.67. The molecule has 5 heteroatoms. The molecule has 15 heavy (non-hydrogen) atoms. The second kappa shape index (κ2) is 5.82. The molecule has 0 amide bonds. The van der Waals surface area contributed by atoms with Crippen LogP contribution >= 0.6 is 0 Å². The third kappa shape index (κ3) is 3.28. The van der Waals surface area contributed by atoms with E-state index in [1.54, 1.807) is 0 Å². The second-order valence-corrected chi connectivity index (χ2v) is 3.48. The Bertz CT molecular complexity index is 261. The molecule has 1 aromatic rings. The summed E-state index contributed by atoms with van der Waals surface area (Å²) in [6.45, 7) is 6.52. The zero-order valence-electron chi connectivity index (χ0n) is 9.56. The maximum Gasteiger partial charge on any atom is 0.243 e. The van der Waals surface area contributed by atoms with Gasteiger partial charge in [0.05, 0.1) is 6.04 Å². The van der Waals surface area contributed by atoms with Gasteiger partial charge in [-0.25, -0.2) is 0 Å². The highest BCUT2D eigenvalue weighted by Crippen LogP contribution is 2.17. The fraction of sp³-hybridized carbons (Fsp3) is 0.800. The van der Waals surface area contributed by atoms with Crippen LogP contribution in [0.5, 0.6) is 0 Å². The van der Waals surface area contributed by atoms with Crippen LogP contribution in [0.4, 0.5) is 0 Å². The predicted octanol–water partition coefficient (Wildman–Crippen LogP) is 1.97. The average molecular weight is 213 g/mol. The van der Waals surface area contributed by atoms with E-state index in [-0.39, 0.29) is 12.1 Å². The summed E-state index contributed by atoms with van der Waals surface area (Å²) in [6.07, 6.45) is 1.71. The summed E-state index contributed by atoms with van der Waals surface area (Å²) in [5, 5.41) is 3.85. The van der Waals surface area contributed by atoms with Gasteiger partial charge >= 0.3 is 0 Å². The number of ether oxygens (including phenoxy) is 1. The first kappa shape index (κ1) is 12.1. The van der Waals surface area contributed by atoms with Crippen LogP contribution in [0.2, 0.25) is 0 Å². The normalized spacial score (nSPS) is 15.2. The van der Waals surface area contributed by atoms with Crippen molar-refractivity contribution in [3.8, 4) is 0 Å². The quantitative estimate of drug-likeness (QED) is 0.782. The zero-order chi connectivity index (χ0) is 11.3. The molecule has 0 radical (unpaired) electrons. The molecule has 0 aliphatic rings. The molecule has 0 saturated heterocycles. The van der Waals surface area contributed by atoms with Gasteiger partial charge in [-0.1, -0.05) is 18.5 Å². The lowest BCUT2D eigenvalue weighted by atomic mass is 10.2. The monoisotopic (exact) mass is 213 g/mol. The number of nitrogens with two attached hydrogens (primary N) is 1. The highest BCUT2D eigenvalue weighted by Gasteiger charge is 2.17. The fourth-order valence-electron chi connectivity index (χ4n) is 1.32. The van der Waals surface area contributed by atoms with E-state index in [2.05, 4.69) is 17.1 Å². The van der Waals surface area contributed by atoms with Gasteiger partial charge in [-0.15, -0.1) is 0 Å². The summed E-state index contributed by atoms with van der Waals surface area (Å²) in [7, 11) is 0. The first-order chi connectivity index (χ1) is 7.19. The van der Waals surface area contributed by atoms with Gasteiger partial charge in [-0.05, 0) is 20.3 Å². The SMILES string of the molecule is CCCC(N)c1nc(C(C)OCC)no1. The largest absolute Gasteiger partial charge is 0.371 e. The maximum absolute atomic E-state index is 5.86. The van der Waals surface area contributed by atoms with Crippen molar-refractivity contribution in [1.29, 1.82) is 0 Å². The fourth-order valence-corrected chi connectivity index (χ4v) is 1.32. The molecule has 2 unspecified atom stereocenters. The van der Waals surface area contributed by atoms with Crippen LogP contribution in [0, 0.1) is 0 Å². The van der Waals surface area contributed by atoms with E-state index in [0.717, 1.165) is 12.8 Å². The van der Waals surface area contributed by atoms with Gasteiger partial charge in [-0.2, -0.15) is 4.98 Å². The lowest BCUT2D eigenvalue weighted by Gasteiger charge is -2.05. The molecule has 1 aromatic heterocycles. The number of hydrogen-bond acceptors (Lipinski definition) is 5. The van der Waals surface area contributed by atoms with Crippen molar-refractivity contribution >= 4 is 0 Å². The molecule has 0 spiro atoms. The van der Waals surface area contributed by atoms with Crippen LogP contribution in [0.1, 0.15) is 57.5 Å². The molecule has 0 bridgehead atoms. The Morgan fingerprint density at radius 2 is 2.20 bits per heavy atom. The summed E-state index contributed by atoms with van der Waals surface area (Å²) in [5.74, 6) is 1.07. The van der Waals surface area contributed by atoms with Crippen LogP contribution in [-0.4, -0.2) is 16.7 Å². The lowest BCUT2D eigenvalue weighted by molar-refractivity contribution is 0.0683. The highest BCUT2D eigenvalue weighted by atomic mass is 16.5. The van der Waals surface area contributed by atoms with Crippen molar-refractivity contribution < 1.29 is 9.26 Å². The van der Waals surface area contributed by atoms with E-state index in [1.165, 1.54) is 0 Å². The Morgan fingerprint density at radius 1 is 1.47 bits per heavy atom. The van der Waals surface area contributed by atoms with Crippen LogP contribution in [0.25, 0.3) is 0 Å². The third-order valence-corrected chi connectivity index (χ3v) is 2.15. The van der Waals surface area contributed by atoms with Crippen molar-refractivity contribution in [2.45, 2.75) is 45.8 Å². The van der Waals surface area contributed by atoms with E-state index in [4.69, 9.17) is 15.0 Å². The summed E-state index contributed by atoms with van der Waals surface area (Å²) < 4.78 is 10.4. The summed E-state index contributed by atoms with van der Waals surface area (Å²) in [4.78, 5) is 4.22. The van der Waals surface area contributed by atoms with Gasteiger partial charge in [0.1, 0.15) is 6.10 Å². The molecule has 5 nitrogen and oxygen atoms in total. The molecular formula is C10H19N3O2. The second-order valence-electron chi connectivity index (χ2n) is 3.48. The first-order valence-electron chi connectivity index (χ1n) is 5.39. The van der Waals surface area contributed by atoms with E-state index in [1.807, 2.05) is 13.8 Å². The topological polar surface area (TPSA) is 74.2 Å². The van der Waals surface area contributed by atoms with Crippen molar-refractivity contribution in [3.05, 3.63) is 11.7 Å². The minimum Gasteiger partial charge on any atom is -0.371 e. The molecule has 1 heterocycles. The van der Waals surface area contributed by atoms with Crippen LogP contribution < -0.4 is 5.73 Å². The van der Waals surface area contributed by atoms with Gasteiger partial charge in [-0.3, -0.25) is 0 Å². The van der Waals surface area contributed by atoms with Crippen LogP contribution in [-0.2, 0) is 4.74 Å². The van der Waals surface area contributed by atoms with E-state index in [9.17, 15) is 0 Å². The summed E-state index contributed by atoms with van der Waals surface area (Å²) in [6, 6.07) is -0.162. The molecule has 86 valence electrons. The Labute approximate surface area is 90.0 Å². The standard InChI is InChI=1S/C10H19N3O2/c1-4-6-8(11)10-12-9(13-15-10)7(3)14-5-2/h7-8H,4-6,11H2,1-3H3. The van der Waals surface area contributed by atoms with Crippen LogP contribution in [0.3, 0.4) is 0 Å². The Morgan fingerprint density at radius 3 is 2.80 bits per heavy atom. The highest BCUT2D eigenvalue weighted by molar-refractivity contribution is 4.93. The van der Waals surface area contributed by atoms with E-state index >= 15 is 0 Å². The molecule has 0 aliphatic heterocycles. The number of hydrogen-bond donors (Lipinski definition) is 1. The van der Waals surface area contributed by atoms with Crippen molar-refractivity contribution in [3.63, 3.8) is 0 Å².